The average Bonchev–Trinajstić information content (AvgIpc) is 3.68. The number of hydrogen-bond acceptors (Lipinski definition) is 7. The van der Waals surface area contributed by atoms with Crippen LogP contribution in [0, 0.1) is 29.3 Å². The molecule has 11 nitrogen and oxygen atoms in total. The van der Waals surface area contributed by atoms with Crippen LogP contribution >= 0.6 is 0 Å². The Morgan fingerprint density at radius 2 is 1.60 bits per heavy atom. The normalized spacial score (nSPS) is 20.8. The van der Waals surface area contributed by atoms with Crippen LogP contribution in [0.15, 0.2) is 77.9 Å². The summed E-state index contributed by atoms with van der Waals surface area (Å²) in [5.41, 5.74) is -1.27. The fraction of sp³-hybridized carbons (Fsp3) is 0.333. The number of halogens is 3. The molecule has 3 amide bonds. The van der Waals surface area contributed by atoms with E-state index in [0.29, 0.717) is 36.7 Å². The maximum atomic E-state index is 15.1. The number of likely N-dealkylation sites (N-methyl/N-ethyl adjacent to an activating group) is 1. The Kier molecular flexibility index (Phi) is 9.29. The Morgan fingerprint density at radius 3 is 2.32 bits per heavy atom. The van der Waals surface area contributed by atoms with E-state index in [-0.39, 0.29) is 23.2 Å². The number of benzene rings is 2. The Balaban J connectivity index is 0.961. The maximum Gasteiger partial charge on any atom is 0.323 e. The van der Waals surface area contributed by atoms with Crippen molar-refractivity contribution in [3.8, 4) is 17.2 Å². The smallest absolute Gasteiger partial charge is 0.323 e. The number of nitrogens with one attached hydrogen (secondary N) is 2. The van der Waals surface area contributed by atoms with E-state index in [0.717, 1.165) is 55.7 Å². The first kappa shape index (κ1) is 33.3. The third-order valence-corrected chi connectivity index (χ3v) is 9.83. The minimum absolute atomic E-state index is 0.101. The molecule has 0 spiro atoms. The first-order valence-electron chi connectivity index (χ1n) is 16.5. The van der Waals surface area contributed by atoms with E-state index in [2.05, 4.69) is 32.5 Å². The number of ether oxygens (including phenoxy) is 1. The predicted molar refractivity (Wildman–Crippen MR) is 180 cm³/mol. The summed E-state index contributed by atoms with van der Waals surface area (Å²) in [6.07, 6.45) is 4.96. The molecule has 1 saturated carbocycles. The molecule has 0 radical (unpaired) electrons. The van der Waals surface area contributed by atoms with Gasteiger partial charge in [-0.05, 0) is 74.2 Å². The van der Waals surface area contributed by atoms with Gasteiger partial charge in [-0.25, -0.2) is 22.9 Å². The van der Waals surface area contributed by atoms with E-state index in [4.69, 9.17) is 4.74 Å². The van der Waals surface area contributed by atoms with Gasteiger partial charge in [-0.15, -0.1) is 0 Å². The molecule has 3 fully saturated rings. The van der Waals surface area contributed by atoms with Gasteiger partial charge in [0.25, 0.3) is 11.5 Å². The molecule has 2 aromatic heterocycles. The van der Waals surface area contributed by atoms with E-state index in [1.807, 2.05) is 0 Å². The second-order valence-corrected chi connectivity index (χ2v) is 13.1. The van der Waals surface area contributed by atoms with Crippen LogP contribution in [0.1, 0.15) is 23.2 Å². The molecule has 0 bridgehead atoms. The highest BCUT2D eigenvalue weighted by atomic mass is 19.1. The fourth-order valence-corrected chi connectivity index (χ4v) is 7.14. The van der Waals surface area contributed by atoms with Crippen LogP contribution in [0.3, 0.4) is 0 Å². The number of aromatic nitrogens is 2. The lowest BCUT2D eigenvalue weighted by Crippen LogP contribution is -2.48. The summed E-state index contributed by atoms with van der Waals surface area (Å²) in [5, 5.41) is 5.02. The van der Waals surface area contributed by atoms with Crippen LogP contribution in [0.5, 0.6) is 11.5 Å². The summed E-state index contributed by atoms with van der Waals surface area (Å²) in [4.78, 5) is 50.0. The number of urea groups is 1. The molecule has 50 heavy (non-hydrogen) atoms. The summed E-state index contributed by atoms with van der Waals surface area (Å²) in [6, 6.07) is 12.4. The Hall–Kier alpha value is -5.21. The Labute approximate surface area is 286 Å². The highest BCUT2D eigenvalue weighted by Gasteiger charge is 2.44. The summed E-state index contributed by atoms with van der Waals surface area (Å²) in [6.45, 7) is 5.71. The van der Waals surface area contributed by atoms with Crippen molar-refractivity contribution in [1.29, 1.82) is 0 Å². The first-order valence-corrected chi connectivity index (χ1v) is 16.5. The quantitative estimate of drug-likeness (QED) is 0.275. The van der Waals surface area contributed by atoms with Gasteiger partial charge in [0.05, 0.1) is 5.69 Å². The van der Waals surface area contributed by atoms with Gasteiger partial charge in [-0.3, -0.25) is 24.4 Å². The van der Waals surface area contributed by atoms with Crippen molar-refractivity contribution in [3.63, 3.8) is 0 Å². The van der Waals surface area contributed by atoms with Crippen molar-refractivity contribution >= 4 is 23.4 Å². The van der Waals surface area contributed by atoms with Gasteiger partial charge in [0.15, 0.2) is 17.4 Å². The number of carbonyl (C=O) groups is 2. The largest absolute Gasteiger partial charge is 0.454 e. The molecule has 2 aromatic carbocycles. The molecule has 7 rings (SSSR count). The van der Waals surface area contributed by atoms with Gasteiger partial charge in [-0.1, -0.05) is 0 Å². The van der Waals surface area contributed by atoms with E-state index in [1.165, 1.54) is 60.9 Å². The molecule has 14 heteroatoms. The summed E-state index contributed by atoms with van der Waals surface area (Å²) < 4.78 is 50.3. The highest BCUT2D eigenvalue weighted by molar-refractivity contribution is 6.04. The minimum Gasteiger partial charge on any atom is -0.454 e. The van der Waals surface area contributed by atoms with Crippen molar-refractivity contribution in [2.24, 2.45) is 11.8 Å². The van der Waals surface area contributed by atoms with Gasteiger partial charge >= 0.3 is 6.03 Å². The standard InChI is InChI=1S/C36H36F3N7O4/c1-43-11-13-44(14-12-43)26-15-22-20-45(21-23(22)16-26)36(49)42-33-17-27(8-9-40-33)50-32-19-29(38)31(18-30(32)39)41-34(47)28-3-2-10-46(35(28)48)25-6-4-24(37)5-7-25/h2-10,17-19,22-23,26H,11-16,20-21H2,1H3,(H,41,47)(H,40,42,49)/t22-,23+,26?. The Morgan fingerprint density at radius 1 is 0.880 bits per heavy atom. The topological polar surface area (TPSA) is 112 Å². The van der Waals surface area contributed by atoms with Crippen molar-refractivity contribution in [2.75, 3.05) is 56.9 Å². The van der Waals surface area contributed by atoms with Gasteiger partial charge in [0, 0.05) is 81.6 Å². The van der Waals surface area contributed by atoms with Crippen molar-refractivity contribution in [1.82, 2.24) is 24.3 Å². The predicted octanol–water partition coefficient (Wildman–Crippen LogP) is 5.18. The number of amides is 3. The molecule has 2 saturated heterocycles. The van der Waals surface area contributed by atoms with E-state index < -0.39 is 40.4 Å². The van der Waals surface area contributed by atoms with Crippen LogP contribution in [-0.2, 0) is 0 Å². The molecular weight excluding hydrogens is 651 g/mol. The SMILES string of the molecule is CN1CCN(C2C[C@@H]3CN(C(=O)Nc4cc(Oc5cc(F)c(NC(=O)c6cccn(-c7ccc(F)cc7)c6=O)cc5F)ccn4)C[C@@H]3C2)CC1. The molecule has 2 N–H and O–H groups in total. The fourth-order valence-electron chi connectivity index (χ4n) is 7.14. The molecule has 1 unspecified atom stereocenters. The molecule has 3 atom stereocenters. The zero-order valence-electron chi connectivity index (χ0n) is 27.3. The monoisotopic (exact) mass is 687 g/mol. The average molecular weight is 688 g/mol. The molecule has 4 aromatic rings. The van der Waals surface area contributed by atoms with Gasteiger partial charge in [-0.2, -0.15) is 0 Å². The molecule has 3 aliphatic rings. The number of nitrogens with zero attached hydrogens (tertiary/aromatic N) is 5. The van der Waals surface area contributed by atoms with Crippen molar-refractivity contribution in [3.05, 3.63) is 106 Å². The number of piperazine rings is 1. The minimum atomic E-state index is -1.01. The van der Waals surface area contributed by atoms with E-state index in [9.17, 15) is 18.8 Å². The number of pyridine rings is 2. The third-order valence-electron chi connectivity index (χ3n) is 9.83. The molecule has 2 aliphatic heterocycles. The van der Waals surface area contributed by atoms with Gasteiger partial charge < -0.3 is 19.9 Å². The summed E-state index contributed by atoms with van der Waals surface area (Å²) in [5.74, 6) is -2.71. The zero-order valence-corrected chi connectivity index (χ0v) is 27.3. The lowest BCUT2D eigenvalue weighted by Gasteiger charge is -2.37. The van der Waals surface area contributed by atoms with Crippen molar-refractivity contribution < 1.29 is 27.5 Å². The molecular formula is C36H36F3N7O4. The second kappa shape index (κ2) is 14.0. The number of anilines is 2. The summed E-state index contributed by atoms with van der Waals surface area (Å²) in [7, 11) is 2.15. The first-order chi connectivity index (χ1) is 24.1. The zero-order chi connectivity index (χ0) is 34.9. The van der Waals surface area contributed by atoms with E-state index in [1.54, 1.807) is 4.90 Å². The number of rotatable bonds is 7. The lowest BCUT2D eigenvalue weighted by atomic mass is 10.0. The maximum absolute atomic E-state index is 15.1. The third kappa shape index (κ3) is 7.07. The van der Waals surface area contributed by atoms with Crippen LogP contribution in [0.2, 0.25) is 0 Å². The lowest BCUT2D eigenvalue weighted by molar-refractivity contribution is 0.102. The van der Waals surface area contributed by atoms with Gasteiger partial charge in [0.1, 0.15) is 22.9 Å². The highest BCUT2D eigenvalue weighted by Crippen LogP contribution is 2.40. The van der Waals surface area contributed by atoms with Gasteiger partial charge in [0.2, 0.25) is 0 Å². The van der Waals surface area contributed by atoms with Crippen LogP contribution in [0.25, 0.3) is 5.69 Å². The number of fused-ring (bicyclic) bond motifs is 1. The van der Waals surface area contributed by atoms with Crippen LogP contribution < -0.4 is 20.9 Å². The number of hydrogen-bond donors (Lipinski definition) is 2. The summed E-state index contributed by atoms with van der Waals surface area (Å²) >= 11 is 0. The molecule has 4 heterocycles. The number of carbonyl (C=O) groups excluding carboxylic acids is 2. The second-order valence-electron chi connectivity index (χ2n) is 13.1. The molecule has 260 valence electrons. The Bertz CT molecular complexity index is 1950. The van der Waals surface area contributed by atoms with Crippen LogP contribution in [-0.4, -0.2) is 88.5 Å². The van der Waals surface area contributed by atoms with Crippen LogP contribution in [0.4, 0.5) is 29.5 Å². The van der Waals surface area contributed by atoms with Crippen molar-refractivity contribution in [2.45, 2.75) is 18.9 Å². The van der Waals surface area contributed by atoms with E-state index >= 15 is 8.78 Å². The number of likely N-dealkylation sites (tertiary alicyclic amines) is 1. The molecule has 1 aliphatic carbocycles.